The van der Waals surface area contributed by atoms with E-state index in [2.05, 4.69) is 10.4 Å². The summed E-state index contributed by atoms with van der Waals surface area (Å²) >= 11 is 0. The van der Waals surface area contributed by atoms with Gasteiger partial charge in [0.05, 0.1) is 5.92 Å². The van der Waals surface area contributed by atoms with Crippen LogP contribution in [0.2, 0.25) is 0 Å². The van der Waals surface area contributed by atoms with E-state index >= 15 is 0 Å². The molecule has 0 spiro atoms. The minimum absolute atomic E-state index is 0.0588. The molecule has 2 fully saturated rings. The number of aryl methyl sites for hydroxylation is 1. The maximum Gasteiger partial charge on any atom is 0.224 e. The van der Waals surface area contributed by atoms with Gasteiger partial charge in [-0.1, -0.05) is 0 Å². The Balaban J connectivity index is 1.42. The summed E-state index contributed by atoms with van der Waals surface area (Å²) in [6.45, 7) is 1.55. The number of carbonyl (C=O) groups excluding carboxylic acids is 1. The summed E-state index contributed by atoms with van der Waals surface area (Å²) in [7, 11) is 0. The van der Waals surface area contributed by atoms with E-state index in [1.807, 2.05) is 16.9 Å². The number of amides is 1. The molecule has 5 heteroatoms. The molecule has 0 aromatic carbocycles. The van der Waals surface area contributed by atoms with Crippen LogP contribution in [0.3, 0.4) is 0 Å². The Morgan fingerprint density at radius 1 is 1.42 bits per heavy atom. The van der Waals surface area contributed by atoms with Crippen LogP contribution in [-0.4, -0.2) is 28.3 Å². The molecule has 4 atom stereocenters. The molecule has 1 aromatic heterocycles. The molecule has 3 rings (SSSR count). The number of hydrogen-bond acceptors (Lipinski definition) is 3. The Morgan fingerprint density at radius 3 is 2.95 bits per heavy atom. The Labute approximate surface area is 113 Å². The Kier molecular flexibility index (Phi) is 3.55. The van der Waals surface area contributed by atoms with E-state index in [0.717, 1.165) is 19.4 Å². The molecule has 5 nitrogen and oxygen atoms in total. The number of nitrogens with zero attached hydrogens (tertiary/aromatic N) is 2. The van der Waals surface area contributed by atoms with E-state index in [1.54, 1.807) is 6.20 Å². The lowest BCUT2D eigenvalue weighted by Crippen LogP contribution is -2.45. The van der Waals surface area contributed by atoms with Crippen LogP contribution in [0.5, 0.6) is 0 Å². The van der Waals surface area contributed by atoms with Gasteiger partial charge in [0.2, 0.25) is 5.91 Å². The maximum absolute atomic E-state index is 12.2. The monoisotopic (exact) mass is 262 g/mol. The lowest BCUT2D eigenvalue weighted by molar-refractivity contribution is -0.127. The molecular weight excluding hydrogens is 240 g/mol. The number of hydrogen-bond donors (Lipinski definition) is 2. The molecule has 3 N–H and O–H groups in total. The highest BCUT2D eigenvalue weighted by Crippen LogP contribution is 2.47. The van der Waals surface area contributed by atoms with E-state index in [1.165, 1.54) is 12.8 Å². The van der Waals surface area contributed by atoms with Crippen molar-refractivity contribution in [3.8, 4) is 0 Å². The van der Waals surface area contributed by atoms with Crippen molar-refractivity contribution in [2.45, 2.75) is 38.3 Å². The minimum atomic E-state index is 0.0588. The van der Waals surface area contributed by atoms with Crippen molar-refractivity contribution < 1.29 is 4.79 Å². The third-order valence-electron chi connectivity index (χ3n) is 4.71. The van der Waals surface area contributed by atoms with Crippen LogP contribution < -0.4 is 11.1 Å². The second kappa shape index (κ2) is 5.33. The van der Waals surface area contributed by atoms with Gasteiger partial charge in [-0.2, -0.15) is 5.10 Å². The first-order chi connectivity index (χ1) is 9.25. The molecule has 2 aliphatic rings. The number of nitrogens with two attached hydrogens (primary N) is 1. The number of nitrogens with one attached hydrogen (secondary N) is 1. The molecule has 1 amide bonds. The van der Waals surface area contributed by atoms with Crippen molar-refractivity contribution in [3.05, 3.63) is 18.5 Å². The predicted molar refractivity (Wildman–Crippen MR) is 72.2 cm³/mol. The number of rotatable bonds is 5. The number of aromatic nitrogens is 2. The zero-order chi connectivity index (χ0) is 13.2. The summed E-state index contributed by atoms with van der Waals surface area (Å²) in [5.74, 6) is 1.35. The van der Waals surface area contributed by atoms with Gasteiger partial charge in [0.25, 0.3) is 0 Å². The largest absolute Gasteiger partial charge is 0.356 e. The molecule has 1 aromatic rings. The van der Waals surface area contributed by atoms with Gasteiger partial charge < -0.3 is 11.1 Å². The van der Waals surface area contributed by atoms with Gasteiger partial charge in [-0.25, -0.2) is 0 Å². The molecule has 0 aliphatic heterocycles. The van der Waals surface area contributed by atoms with Gasteiger partial charge in [-0.3, -0.25) is 9.48 Å². The standard InChI is InChI=1S/C14H22N4O/c15-13-11-4-3-10(9-11)12(13)14(19)16-5-1-7-18-8-2-6-17-18/h2,6,8,10-13H,1,3-5,7,9,15H2,(H,16,19). The predicted octanol–water partition coefficient (Wildman–Crippen LogP) is 0.763. The highest BCUT2D eigenvalue weighted by Gasteiger charge is 2.48. The lowest BCUT2D eigenvalue weighted by Gasteiger charge is -2.27. The highest BCUT2D eigenvalue weighted by atomic mass is 16.1. The van der Waals surface area contributed by atoms with Gasteiger partial charge >= 0.3 is 0 Å². The van der Waals surface area contributed by atoms with Crippen LogP contribution in [-0.2, 0) is 11.3 Å². The summed E-state index contributed by atoms with van der Waals surface area (Å²) in [6.07, 6.45) is 8.18. The average Bonchev–Trinajstić information content (AvgIpc) is 3.10. The second-order valence-electron chi connectivity index (χ2n) is 5.85. The van der Waals surface area contributed by atoms with Gasteiger partial charge in [-0.05, 0) is 43.6 Å². The van der Waals surface area contributed by atoms with Crippen molar-refractivity contribution in [2.24, 2.45) is 23.5 Å². The van der Waals surface area contributed by atoms with E-state index in [9.17, 15) is 4.79 Å². The summed E-state index contributed by atoms with van der Waals surface area (Å²) in [5.41, 5.74) is 6.17. The van der Waals surface area contributed by atoms with Crippen LogP contribution in [0.4, 0.5) is 0 Å². The molecule has 0 radical (unpaired) electrons. The lowest BCUT2D eigenvalue weighted by atomic mass is 9.84. The first kappa shape index (κ1) is 12.7. The molecule has 19 heavy (non-hydrogen) atoms. The molecular formula is C14H22N4O. The smallest absolute Gasteiger partial charge is 0.224 e. The normalized spacial score (nSPS) is 32.7. The third kappa shape index (κ3) is 2.52. The Hall–Kier alpha value is -1.36. The van der Waals surface area contributed by atoms with Crippen LogP contribution in [0, 0.1) is 17.8 Å². The zero-order valence-corrected chi connectivity index (χ0v) is 11.2. The fraction of sp³-hybridized carbons (Fsp3) is 0.714. The fourth-order valence-corrected chi connectivity index (χ4v) is 3.73. The molecule has 104 valence electrons. The number of carbonyl (C=O) groups is 1. The molecule has 2 saturated carbocycles. The Morgan fingerprint density at radius 2 is 2.26 bits per heavy atom. The van der Waals surface area contributed by atoms with Crippen molar-refractivity contribution in [1.29, 1.82) is 0 Å². The third-order valence-corrected chi connectivity index (χ3v) is 4.71. The quantitative estimate of drug-likeness (QED) is 0.770. The minimum Gasteiger partial charge on any atom is -0.356 e. The second-order valence-corrected chi connectivity index (χ2v) is 5.85. The van der Waals surface area contributed by atoms with Crippen molar-refractivity contribution in [3.63, 3.8) is 0 Å². The fourth-order valence-electron chi connectivity index (χ4n) is 3.73. The first-order valence-corrected chi connectivity index (χ1v) is 7.26. The van der Waals surface area contributed by atoms with Crippen molar-refractivity contribution in [2.75, 3.05) is 6.54 Å². The van der Waals surface area contributed by atoms with Crippen molar-refractivity contribution >= 4 is 5.91 Å². The van der Waals surface area contributed by atoms with Crippen LogP contribution in [0.15, 0.2) is 18.5 Å². The topological polar surface area (TPSA) is 72.9 Å². The Bertz CT molecular complexity index is 429. The van der Waals surface area contributed by atoms with Gasteiger partial charge in [0.1, 0.15) is 0 Å². The van der Waals surface area contributed by atoms with Crippen LogP contribution >= 0.6 is 0 Å². The first-order valence-electron chi connectivity index (χ1n) is 7.26. The van der Waals surface area contributed by atoms with Crippen molar-refractivity contribution in [1.82, 2.24) is 15.1 Å². The molecule has 0 saturated heterocycles. The van der Waals surface area contributed by atoms with E-state index in [-0.39, 0.29) is 17.9 Å². The molecule has 2 aliphatic carbocycles. The number of fused-ring (bicyclic) bond motifs is 2. The zero-order valence-electron chi connectivity index (χ0n) is 11.2. The van der Waals surface area contributed by atoms with Crippen LogP contribution in [0.1, 0.15) is 25.7 Å². The van der Waals surface area contributed by atoms with Gasteiger partial charge in [0.15, 0.2) is 0 Å². The summed E-state index contributed by atoms with van der Waals surface area (Å²) in [4.78, 5) is 12.2. The summed E-state index contributed by atoms with van der Waals surface area (Å²) < 4.78 is 1.88. The molecule has 1 heterocycles. The maximum atomic E-state index is 12.2. The molecule has 2 bridgehead atoms. The van der Waals surface area contributed by atoms with E-state index < -0.39 is 0 Å². The summed E-state index contributed by atoms with van der Waals surface area (Å²) in [5, 5.41) is 7.18. The molecule has 4 unspecified atom stereocenters. The average molecular weight is 262 g/mol. The SMILES string of the molecule is NC1C2CCC(C2)C1C(=O)NCCCn1cccn1. The van der Waals surface area contributed by atoms with Crippen LogP contribution in [0.25, 0.3) is 0 Å². The summed E-state index contributed by atoms with van der Waals surface area (Å²) in [6, 6.07) is 2.00. The highest BCUT2D eigenvalue weighted by molar-refractivity contribution is 5.80. The van der Waals surface area contributed by atoms with Gasteiger partial charge in [0, 0.05) is 31.5 Å². The van der Waals surface area contributed by atoms with E-state index in [0.29, 0.717) is 18.4 Å². The van der Waals surface area contributed by atoms with Gasteiger partial charge in [-0.15, -0.1) is 0 Å². The van der Waals surface area contributed by atoms with E-state index in [4.69, 9.17) is 5.73 Å².